The summed E-state index contributed by atoms with van der Waals surface area (Å²) in [6, 6.07) is 1.74. The van der Waals surface area contributed by atoms with E-state index in [2.05, 4.69) is 0 Å². The molecule has 17 heavy (non-hydrogen) atoms. The van der Waals surface area contributed by atoms with Gasteiger partial charge in [0.1, 0.15) is 0 Å². The zero-order valence-corrected chi connectivity index (χ0v) is 11.6. The highest BCUT2D eigenvalue weighted by atomic mass is 32.1. The predicted octanol–water partition coefficient (Wildman–Crippen LogP) is 2.14. The van der Waals surface area contributed by atoms with Crippen molar-refractivity contribution in [2.24, 2.45) is 0 Å². The minimum absolute atomic E-state index is 0.00200. The van der Waals surface area contributed by atoms with E-state index in [4.69, 9.17) is 10.5 Å². The summed E-state index contributed by atoms with van der Waals surface area (Å²) in [5.74, 6) is 0.00200. The van der Waals surface area contributed by atoms with Crippen LogP contribution in [0.3, 0.4) is 0 Å². The molecular formula is C12H20N2O2S. The van der Waals surface area contributed by atoms with E-state index < -0.39 is 0 Å². The van der Waals surface area contributed by atoms with Gasteiger partial charge in [0.15, 0.2) is 0 Å². The molecule has 0 saturated carbocycles. The highest BCUT2D eigenvalue weighted by molar-refractivity contribution is 7.14. The molecular weight excluding hydrogens is 236 g/mol. The summed E-state index contributed by atoms with van der Waals surface area (Å²) in [6.45, 7) is 7.02. The van der Waals surface area contributed by atoms with E-state index in [0.717, 1.165) is 4.88 Å². The Morgan fingerprint density at radius 2 is 2.24 bits per heavy atom. The average Bonchev–Trinajstić information content (AvgIpc) is 2.57. The first-order valence-electron chi connectivity index (χ1n) is 5.64. The van der Waals surface area contributed by atoms with E-state index in [0.29, 0.717) is 23.7 Å². The molecule has 0 atom stereocenters. The normalized spacial score (nSPS) is 10.9. The number of carbonyl (C=O) groups excluding carboxylic acids is 1. The maximum Gasteiger partial charge on any atom is 0.263 e. The van der Waals surface area contributed by atoms with E-state index in [1.54, 1.807) is 18.0 Å². The smallest absolute Gasteiger partial charge is 0.263 e. The first kappa shape index (κ1) is 14.0. The lowest BCUT2D eigenvalue weighted by Crippen LogP contribution is -2.30. The third-order valence-corrected chi connectivity index (χ3v) is 3.45. The molecule has 0 aliphatic heterocycles. The third-order valence-electron chi connectivity index (χ3n) is 2.39. The number of hydrogen-bond donors (Lipinski definition) is 1. The standard InChI is InChI=1S/C12H20N2O2S/c1-8(2)16-6-5-14(4)12(15)11-7-10(13)9(3)17-11/h7-8H,5-6,13H2,1-4H3. The van der Waals surface area contributed by atoms with Crippen molar-refractivity contribution in [3.05, 3.63) is 15.8 Å². The maximum atomic E-state index is 12.0. The van der Waals surface area contributed by atoms with Crippen molar-refractivity contribution in [1.29, 1.82) is 0 Å². The van der Waals surface area contributed by atoms with Crippen LogP contribution in [0.1, 0.15) is 28.4 Å². The quantitative estimate of drug-likeness (QED) is 0.878. The van der Waals surface area contributed by atoms with Gasteiger partial charge >= 0.3 is 0 Å². The number of rotatable bonds is 5. The lowest BCUT2D eigenvalue weighted by molar-refractivity contribution is 0.0534. The monoisotopic (exact) mass is 256 g/mol. The van der Waals surface area contributed by atoms with Gasteiger partial charge in [0, 0.05) is 24.2 Å². The fourth-order valence-corrected chi connectivity index (χ4v) is 2.25. The summed E-state index contributed by atoms with van der Waals surface area (Å²) in [7, 11) is 1.78. The van der Waals surface area contributed by atoms with Crippen LogP contribution in [-0.2, 0) is 4.74 Å². The summed E-state index contributed by atoms with van der Waals surface area (Å²) in [5.41, 5.74) is 6.42. The minimum Gasteiger partial charge on any atom is -0.398 e. The Kier molecular flexibility index (Phi) is 4.96. The first-order chi connectivity index (χ1) is 7.91. The van der Waals surface area contributed by atoms with Gasteiger partial charge < -0.3 is 15.4 Å². The number of carbonyl (C=O) groups is 1. The molecule has 0 saturated heterocycles. The van der Waals surface area contributed by atoms with Crippen LogP contribution in [0.25, 0.3) is 0 Å². The van der Waals surface area contributed by atoms with Gasteiger partial charge in [-0.15, -0.1) is 11.3 Å². The fraction of sp³-hybridized carbons (Fsp3) is 0.583. The van der Waals surface area contributed by atoms with Crippen molar-refractivity contribution in [2.45, 2.75) is 26.9 Å². The van der Waals surface area contributed by atoms with Crippen molar-refractivity contribution >= 4 is 22.9 Å². The first-order valence-corrected chi connectivity index (χ1v) is 6.46. The number of nitrogens with two attached hydrogens (primary N) is 1. The molecule has 2 N–H and O–H groups in total. The van der Waals surface area contributed by atoms with Crippen LogP contribution >= 0.6 is 11.3 Å². The van der Waals surface area contributed by atoms with Crippen LogP contribution in [0.5, 0.6) is 0 Å². The topological polar surface area (TPSA) is 55.6 Å². The molecule has 0 fully saturated rings. The van der Waals surface area contributed by atoms with Crippen molar-refractivity contribution in [3.63, 3.8) is 0 Å². The van der Waals surface area contributed by atoms with Crippen molar-refractivity contribution in [3.8, 4) is 0 Å². The zero-order valence-electron chi connectivity index (χ0n) is 10.8. The van der Waals surface area contributed by atoms with Gasteiger partial charge in [-0.1, -0.05) is 0 Å². The number of anilines is 1. The van der Waals surface area contributed by atoms with Gasteiger partial charge in [-0.2, -0.15) is 0 Å². The second-order valence-corrected chi connectivity index (χ2v) is 5.52. The Balaban J connectivity index is 2.52. The van der Waals surface area contributed by atoms with Gasteiger partial charge in [0.05, 0.1) is 17.6 Å². The average molecular weight is 256 g/mol. The van der Waals surface area contributed by atoms with Crippen LogP contribution in [0.15, 0.2) is 6.07 Å². The summed E-state index contributed by atoms with van der Waals surface area (Å²) >= 11 is 1.43. The Bertz CT molecular complexity index is 368. The van der Waals surface area contributed by atoms with Gasteiger partial charge in [-0.3, -0.25) is 4.79 Å². The molecule has 0 radical (unpaired) electrons. The number of ether oxygens (including phenoxy) is 1. The molecule has 0 bridgehead atoms. The lowest BCUT2D eigenvalue weighted by Gasteiger charge is -2.17. The number of likely N-dealkylation sites (N-methyl/N-ethyl adjacent to an activating group) is 1. The zero-order chi connectivity index (χ0) is 13.0. The second-order valence-electron chi connectivity index (χ2n) is 4.27. The number of nitrogens with zero attached hydrogens (tertiary/aromatic N) is 1. The molecule has 0 spiro atoms. The molecule has 1 amide bonds. The lowest BCUT2D eigenvalue weighted by atomic mass is 10.3. The SMILES string of the molecule is Cc1sc(C(=O)N(C)CCOC(C)C)cc1N. The molecule has 1 aromatic heterocycles. The molecule has 1 rings (SSSR count). The molecule has 5 heteroatoms. The summed E-state index contributed by atoms with van der Waals surface area (Å²) < 4.78 is 5.41. The molecule has 0 aromatic carbocycles. The Labute approximate surface area is 106 Å². The van der Waals surface area contributed by atoms with E-state index in [1.807, 2.05) is 20.8 Å². The number of nitrogen functional groups attached to an aromatic ring is 1. The van der Waals surface area contributed by atoms with Gasteiger partial charge in [0.25, 0.3) is 5.91 Å². The number of thiophene rings is 1. The predicted molar refractivity (Wildman–Crippen MR) is 71.5 cm³/mol. The molecule has 96 valence electrons. The second kappa shape index (κ2) is 6.02. The highest BCUT2D eigenvalue weighted by Crippen LogP contribution is 2.24. The van der Waals surface area contributed by atoms with Crippen LogP contribution in [0.4, 0.5) is 5.69 Å². The largest absolute Gasteiger partial charge is 0.398 e. The van der Waals surface area contributed by atoms with Crippen LogP contribution < -0.4 is 5.73 Å². The Morgan fingerprint density at radius 1 is 1.59 bits per heavy atom. The van der Waals surface area contributed by atoms with Gasteiger partial charge in [0.2, 0.25) is 0 Å². The molecule has 0 unspecified atom stereocenters. The Morgan fingerprint density at radius 3 is 2.71 bits per heavy atom. The van der Waals surface area contributed by atoms with E-state index in [1.165, 1.54) is 11.3 Å². The molecule has 4 nitrogen and oxygen atoms in total. The maximum absolute atomic E-state index is 12.0. The van der Waals surface area contributed by atoms with Gasteiger partial charge in [-0.05, 0) is 26.8 Å². The Hall–Kier alpha value is -1.07. The summed E-state index contributed by atoms with van der Waals surface area (Å²) in [5, 5.41) is 0. The highest BCUT2D eigenvalue weighted by Gasteiger charge is 2.15. The van der Waals surface area contributed by atoms with E-state index in [9.17, 15) is 4.79 Å². The van der Waals surface area contributed by atoms with Crippen molar-refractivity contribution in [2.75, 3.05) is 25.9 Å². The fourth-order valence-electron chi connectivity index (χ4n) is 1.32. The van der Waals surface area contributed by atoms with Crippen LogP contribution in [0.2, 0.25) is 0 Å². The van der Waals surface area contributed by atoms with E-state index in [-0.39, 0.29) is 12.0 Å². The summed E-state index contributed by atoms with van der Waals surface area (Å²) in [6.07, 6.45) is 0.193. The van der Waals surface area contributed by atoms with E-state index >= 15 is 0 Å². The van der Waals surface area contributed by atoms with Crippen LogP contribution in [0, 0.1) is 6.92 Å². The molecule has 0 aliphatic carbocycles. The molecule has 0 aliphatic rings. The molecule has 1 aromatic rings. The number of amides is 1. The summed E-state index contributed by atoms with van der Waals surface area (Å²) in [4.78, 5) is 15.3. The van der Waals surface area contributed by atoms with Crippen LogP contribution in [-0.4, -0.2) is 37.1 Å². The van der Waals surface area contributed by atoms with Crippen molar-refractivity contribution < 1.29 is 9.53 Å². The number of aryl methyl sites for hydroxylation is 1. The third kappa shape index (κ3) is 4.02. The minimum atomic E-state index is 0.00200. The van der Waals surface area contributed by atoms with Crippen molar-refractivity contribution in [1.82, 2.24) is 4.90 Å². The van der Waals surface area contributed by atoms with Gasteiger partial charge in [-0.25, -0.2) is 0 Å². The molecule has 1 heterocycles. The number of hydrogen-bond acceptors (Lipinski definition) is 4.